The summed E-state index contributed by atoms with van der Waals surface area (Å²) in [6, 6.07) is 0. The van der Waals surface area contributed by atoms with Gasteiger partial charge in [-0.05, 0) is 74.2 Å². The first-order valence-electron chi connectivity index (χ1n) is 11.9. The van der Waals surface area contributed by atoms with E-state index in [9.17, 15) is 24.6 Å². The van der Waals surface area contributed by atoms with E-state index >= 15 is 0 Å². The molecule has 0 aromatic rings. The minimum Gasteiger partial charge on any atom is -0.458 e. The van der Waals surface area contributed by atoms with E-state index in [-0.39, 0.29) is 35.4 Å². The molecule has 2 N–H and O–H groups in total. The summed E-state index contributed by atoms with van der Waals surface area (Å²) in [5, 5.41) is 23.0. The van der Waals surface area contributed by atoms with Gasteiger partial charge in [-0.3, -0.25) is 14.4 Å². The van der Waals surface area contributed by atoms with Crippen molar-refractivity contribution in [2.45, 2.75) is 90.3 Å². The van der Waals surface area contributed by atoms with Crippen molar-refractivity contribution < 1.29 is 29.3 Å². The van der Waals surface area contributed by atoms with E-state index in [0.717, 1.165) is 25.7 Å². The molecule has 0 radical (unpaired) electrons. The minimum absolute atomic E-state index is 0.0403. The molecule has 0 amide bonds. The normalized spacial score (nSPS) is 44.0. The number of allylic oxidation sites excluding steroid dienone is 1. The summed E-state index contributed by atoms with van der Waals surface area (Å²) in [6.07, 6.45) is 6.46. The molecular formula is C25H36O6. The Balaban J connectivity index is 1.59. The van der Waals surface area contributed by atoms with Crippen LogP contribution in [0.25, 0.3) is 0 Å². The van der Waals surface area contributed by atoms with Gasteiger partial charge in [-0.2, -0.15) is 0 Å². The lowest BCUT2D eigenvalue weighted by atomic mass is 9.45. The lowest BCUT2D eigenvalue weighted by Crippen LogP contribution is -2.62. The number of carbonyl (C=O) groups excluding carboxylic acids is 3. The van der Waals surface area contributed by atoms with Gasteiger partial charge in [0.2, 0.25) is 5.78 Å². The fourth-order valence-corrected chi connectivity index (χ4v) is 7.69. The van der Waals surface area contributed by atoms with Crippen LogP contribution in [0.5, 0.6) is 0 Å². The maximum Gasteiger partial charge on any atom is 0.306 e. The monoisotopic (exact) mass is 432 g/mol. The molecule has 0 saturated heterocycles. The number of ether oxygens (including phenoxy) is 1. The van der Waals surface area contributed by atoms with Crippen LogP contribution in [0.2, 0.25) is 0 Å². The van der Waals surface area contributed by atoms with Gasteiger partial charge in [0.15, 0.2) is 12.4 Å². The number of aliphatic hydroxyl groups is 2. The fourth-order valence-electron chi connectivity index (χ4n) is 7.69. The maximum atomic E-state index is 13.1. The van der Waals surface area contributed by atoms with Crippen LogP contribution in [-0.2, 0) is 19.1 Å². The van der Waals surface area contributed by atoms with Crippen molar-refractivity contribution in [2.75, 3.05) is 6.61 Å². The molecule has 0 aromatic carbocycles. The number of esters is 1. The SMILES string of the molecule is CCCC(=O)OCC(=O)[C@@]1(O)CC[C@@H]2[C@@H]3CCC4=CC(=O)CC[C@]4(C)[C@@H]3[C@@H](O)C[C@@]21C. The Morgan fingerprint density at radius 1 is 1.19 bits per heavy atom. The molecule has 3 fully saturated rings. The molecule has 0 heterocycles. The lowest BCUT2D eigenvalue weighted by Gasteiger charge is -2.60. The van der Waals surface area contributed by atoms with Crippen LogP contribution in [-0.4, -0.2) is 46.1 Å². The second kappa shape index (κ2) is 7.80. The Morgan fingerprint density at radius 2 is 1.94 bits per heavy atom. The first kappa shape index (κ1) is 22.7. The highest BCUT2D eigenvalue weighted by atomic mass is 16.5. The predicted octanol–water partition coefficient (Wildman–Crippen LogP) is 3.13. The highest BCUT2D eigenvalue weighted by Crippen LogP contribution is 2.67. The first-order valence-corrected chi connectivity index (χ1v) is 11.9. The molecule has 3 saturated carbocycles. The molecule has 4 rings (SSSR count). The molecular weight excluding hydrogens is 396 g/mol. The summed E-state index contributed by atoms with van der Waals surface area (Å²) in [5.74, 6) is -0.323. The van der Waals surface area contributed by atoms with Gasteiger partial charge in [0.05, 0.1) is 6.10 Å². The molecule has 172 valence electrons. The maximum absolute atomic E-state index is 13.1. The summed E-state index contributed by atoms with van der Waals surface area (Å²) >= 11 is 0. The third-order valence-corrected chi connectivity index (χ3v) is 9.33. The zero-order valence-corrected chi connectivity index (χ0v) is 19.0. The zero-order valence-electron chi connectivity index (χ0n) is 19.0. The lowest BCUT2D eigenvalue weighted by molar-refractivity contribution is -0.184. The molecule has 0 spiro atoms. The van der Waals surface area contributed by atoms with Crippen LogP contribution in [0.4, 0.5) is 0 Å². The van der Waals surface area contributed by atoms with Gasteiger partial charge in [-0.15, -0.1) is 0 Å². The van der Waals surface area contributed by atoms with E-state index in [1.807, 2.05) is 13.8 Å². The largest absolute Gasteiger partial charge is 0.458 e. The van der Waals surface area contributed by atoms with E-state index in [4.69, 9.17) is 4.74 Å². The van der Waals surface area contributed by atoms with Crippen LogP contribution < -0.4 is 0 Å². The van der Waals surface area contributed by atoms with Crippen LogP contribution in [0, 0.1) is 28.6 Å². The zero-order chi connectivity index (χ0) is 22.6. The Kier molecular flexibility index (Phi) is 5.70. The van der Waals surface area contributed by atoms with Crippen molar-refractivity contribution in [3.05, 3.63) is 11.6 Å². The number of fused-ring (bicyclic) bond motifs is 5. The van der Waals surface area contributed by atoms with Gasteiger partial charge in [0.25, 0.3) is 0 Å². The van der Waals surface area contributed by atoms with Crippen LogP contribution in [0.1, 0.15) is 78.6 Å². The third kappa shape index (κ3) is 3.32. The summed E-state index contributed by atoms with van der Waals surface area (Å²) < 4.78 is 5.13. The van der Waals surface area contributed by atoms with Crippen molar-refractivity contribution in [2.24, 2.45) is 28.6 Å². The van der Waals surface area contributed by atoms with Crippen LogP contribution in [0.15, 0.2) is 11.6 Å². The molecule has 4 aliphatic rings. The van der Waals surface area contributed by atoms with Gasteiger partial charge in [0, 0.05) is 18.3 Å². The van der Waals surface area contributed by atoms with E-state index < -0.39 is 35.5 Å². The highest BCUT2D eigenvalue weighted by Gasteiger charge is 2.68. The van der Waals surface area contributed by atoms with Crippen molar-refractivity contribution in [3.63, 3.8) is 0 Å². The van der Waals surface area contributed by atoms with Crippen LogP contribution in [0.3, 0.4) is 0 Å². The van der Waals surface area contributed by atoms with Crippen molar-refractivity contribution in [1.29, 1.82) is 0 Å². The molecule has 6 nitrogen and oxygen atoms in total. The Hall–Kier alpha value is -1.53. The van der Waals surface area contributed by atoms with E-state index in [1.54, 1.807) is 6.08 Å². The van der Waals surface area contributed by atoms with E-state index in [1.165, 1.54) is 5.57 Å². The van der Waals surface area contributed by atoms with E-state index in [2.05, 4.69) is 6.92 Å². The molecule has 0 aromatic heterocycles. The van der Waals surface area contributed by atoms with Gasteiger partial charge in [0.1, 0.15) is 5.60 Å². The summed E-state index contributed by atoms with van der Waals surface area (Å²) in [6.45, 7) is 5.59. The Labute approximate surface area is 184 Å². The highest BCUT2D eigenvalue weighted by molar-refractivity contribution is 5.92. The number of rotatable bonds is 5. The van der Waals surface area contributed by atoms with Crippen LogP contribution >= 0.6 is 0 Å². The van der Waals surface area contributed by atoms with Gasteiger partial charge < -0.3 is 14.9 Å². The smallest absolute Gasteiger partial charge is 0.306 e. The summed E-state index contributed by atoms with van der Waals surface area (Å²) in [4.78, 5) is 36.8. The second-order valence-corrected chi connectivity index (χ2v) is 10.8. The number of hydrogen-bond donors (Lipinski definition) is 2. The average molecular weight is 433 g/mol. The fraction of sp³-hybridized carbons (Fsp3) is 0.800. The average Bonchev–Trinajstić information content (AvgIpc) is 2.98. The van der Waals surface area contributed by atoms with Gasteiger partial charge in [-0.25, -0.2) is 0 Å². The molecule has 0 bridgehead atoms. The minimum atomic E-state index is -1.59. The van der Waals surface area contributed by atoms with Crippen molar-refractivity contribution in [3.8, 4) is 0 Å². The van der Waals surface area contributed by atoms with Gasteiger partial charge in [-0.1, -0.05) is 26.3 Å². The van der Waals surface area contributed by atoms with Gasteiger partial charge >= 0.3 is 5.97 Å². The second-order valence-electron chi connectivity index (χ2n) is 10.8. The molecule has 31 heavy (non-hydrogen) atoms. The number of hydrogen-bond acceptors (Lipinski definition) is 6. The quantitative estimate of drug-likeness (QED) is 0.648. The first-order chi connectivity index (χ1) is 14.6. The standard InChI is InChI=1S/C25H36O6/c1-4-5-21(29)31-14-20(28)25(30)11-9-18-17-7-6-15-12-16(26)8-10-23(15,2)22(17)19(27)13-24(18,25)3/h12,17-19,22,27,30H,4-11,13-14H2,1-3H3/t17-,18+,19-,22-,23-,24-,25-/m0/s1. The molecule has 4 aliphatic carbocycles. The number of Topliss-reactive ketones (excluding diaryl/α,β-unsaturated/α-hetero) is 1. The van der Waals surface area contributed by atoms with Crippen molar-refractivity contribution >= 4 is 17.5 Å². The Bertz CT molecular complexity index is 817. The topological polar surface area (TPSA) is 101 Å². The number of ketones is 2. The molecule has 0 aliphatic heterocycles. The molecule has 0 unspecified atom stereocenters. The number of aliphatic hydroxyl groups excluding tert-OH is 1. The summed E-state index contributed by atoms with van der Waals surface area (Å²) in [5.41, 5.74) is -1.36. The number of carbonyl (C=O) groups is 3. The molecule has 6 heteroatoms. The van der Waals surface area contributed by atoms with Crippen molar-refractivity contribution in [1.82, 2.24) is 0 Å². The summed E-state index contributed by atoms with van der Waals surface area (Å²) in [7, 11) is 0. The predicted molar refractivity (Wildman–Crippen MR) is 114 cm³/mol. The third-order valence-electron chi connectivity index (χ3n) is 9.33. The molecule has 7 atom stereocenters. The Morgan fingerprint density at radius 3 is 2.65 bits per heavy atom. The van der Waals surface area contributed by atoms with E-state index in [0.29, 0.717) is 25.7 Å².